The third-order valence-electron chi connectivity index (χ3n) is 6.11. The molecule has 3 aromatic heterocycles. The summed E-state index contributed by atoms with van der Waals surface area (Å²) in [5.41, 5.74) is 6.06. The first-order valence-corrected chi connectivity index (χ1v) is 11.3. The Morgan fingerprint density at radius 2 is 1.88 bits per heavy atom. The number of anilines is 2. The summed E-state index contributed by atoms with van der Waals surface area (Å²) in [5, 5.41) is 28.5. The third-order valence-corrected chi connectivity index (χ3v) is 6.11. The van der Waals surface area contributed by atoms with Crippen LogP contribution in [0.3, 0.4) is 0 Å². The maximum absolute atomic E-state index is 9.00. The Kier molecular flexibility index (Phi) is 5.97. The Morgan fingerprint density at radius 3 is 2.59 bits per heavy atom. The second-order valence-electron chi connectivity index (χ2n) is 8.59. The molecule has 0 unspecified atom stereocenters. The number of aryl methyl sites for hydroxylation is 2. The van der Waals surface area contributed by atoms with Gasteiger partial charge >= 0.3 is 0 Å². The Labute approximate surface area is 198 Å². The second-order valence-corrected chi connectivity index (χ2v) is 8.59. The Hall–Kier alpha value is -4.16. The van der Waals surface area contributed by atoms with Crippen LogP contribution in [0.5, 0.6) is 0 Å². The summed E-state index contributed by atoms with van der Waals surface area (Å²) < 4.78 is 3.62. The zero-order valence-corrected chi connectivity index (χ0v) is 19.2. The van der Waals surface area contributed by atoms with Crippen LogP contribution in [-0.2, 0) is 20.5 Å². The van der Waals surface area contributed by atoms with Crippen molar-refractivity contribution in [2.75, 3.05) is 23.7 Å². The molecule has 0 spiro atoms. The zero-order chi connectivity index (χ0) is 23.5. The molecule has 1 aliphatic rings. The number of rotatable bonds is 7. The maximum atomic E-state index is 9.00. The minimum Gasteiger partial charge on any atom is -0.380 e. The van der Waals surface area contributed by atoms with Gasteiger partial charge in [0.25, 0.3) is 0 Å². The summed E-state index contributed by atoms with van der Waals surface area (Å²) in [4.78, 5) is 4.69. The molecule has 0 bridgehead atoms. The van der Waals surface area contributed by atoms with Crippen LogP contribution in [0.15, 0.2) is 61.3 Å². The molecule has 0 radical (unpaired) electrons. The minimum absolute atomic E-state index is 0.0486. The topological polar surface area (TPSA) is 108 Å². The molecule has 4 aromatic rings. The number of nitriles is 1. The van der Waals surface area contributed by atoms with Crippen molar-refractivity contribution in [1.29, 1.82) is 5.26 Å². The van der Waals surface area contributed by atoms with Crippen molar-refractivity contribution in [1.82, 2.24) is 29.9 Å². The van der Waals surface area contributed by atoms with E-state index in [4.69, 9.17) is 10.2 Å². The molecule has 1 aliphatic heterocycles. The number of aromatic nitrogens is 5. The van der Waals surface area contributed by atoms with Crippen LogP contribution in [0, 0.1) is 11.3 Å². The average molecular weight is 454 g/mol. The van der Waals surface area contributed by atoms with E-state index >= 15 is 0 Å². The van der Waals surface area contributed by atoms with E-state index in [0.29, 0.717) is 5.56 Å². The molecule has 2 atom stereocenters. The van der Waals surface area contributed by atoms with Crippen molar-refractivity contribution in [3.63, 3.8) is 0 Å². The minimum atomic E-state index is 0.0486. The van der Waals surface area contributed by atoms with E-state index in [1.807, 2.05) is 67.8 Å². The summed E-state index contributed by atoms with van der Waals surface area (Å²) in [5.74, 6) is 0.840. The number of nitrogens with zero attached hydrogens (tertiary/aromatic N) is 6. The third kappa shape index (κ3) is 4.63. The fourth-order valence-electron chi connectivity index (χ4n) is 4.30. The van der Waals surface area contributed by atoms with Gasteiger partial charge in [-0.15, -0.1) is 0 Å². The molecule has 1 aromatic carbocycles. The number of pyridine rings is 1. The predicted octanol–water partition coefficient (Wildman–Crippen LogP) is 2.87. The van der Waals surface area contributed by atoms with Gasteiger partial charge in [-0.05, 0) is 36.7 Å². The van der Waals surface area contributed by atoms with Crippen molar-refractivity contribution in [3.8, 4) is 17.2 Å². The zero-order valence-electron chi connectivity index (χ0n) is 19.2. The van der Waals surface area contributed by atoms with Crippen LogP contribution >= 0.6 is 0 Å². The van der Waals surface area contributed by atoms with Crippen LogP contribution < -0.4 is 16.0 Å². The standard InChI is InChI=1S/C25H27N9/c1-33-15-20(12-30-33)19-9-22-25(29-11-19)32-23(14-28-22)24(21-13-31-34(2)16-21)27-8-7-17-3-5-18(10-26)6-4-17/h3-6,9,11-13,15-16,23-24,27-28H,7-8,14H2,1-2H3,(H,29,32)/t23-,24-/m1/s1. The summed E-state index contributed by atoms with van der Waals surface area (Å²) in [6, 6.07) is 12.2. The summed E-state index contributed by atoms with van der Waals surface area (Å²) in [6.07, 6.45) is 10.5. The van der Waals surface area contributed by atoms with Crippen LogP contribution in [0.2, 0.25) is 0 Å². The smallest absolute Gasteiger partial charge is 0.149 e. The van der Waals surface area contributed by atoms with Gasteiger partial charge in [0, 0.05) is 55.9 Å². The quantitative estimate of drug-likeness (QED) is 0.395. The SMILES string of the molecule is Cn1cc(-c2cnc3c(c2)NC[C@H]([C@H](NCCc2ccc(C#N)cc2)c2cnn(C)c2)N3)cn1. The van der Waals surface area contributed by atoms with Gasteiger partial charge in [-0.2, -0.15) is 15.5 Å². The fourth-order valence-corrected chi connectivity index (χ4v) is 4.30. The first-order valence-electron chi connectivity index (χ1n) is 11.3. The normalized spacial score (nSPS) is 15.6. The van der Waals surface area contributed by atoms with Crippen molar-refractivity contribution in [2.45, 2.75) is 18.5 Å². The molecule has 5 rings (SSSR count). The van der Waals surface area contributed by atoms with Gasteiger partial charge < -0.3 is 16.0 Å². The highest BCUT2D eigenvalue weighted by molar-refractivity contribution is 5.75. The molecule has 9 nitrogen and oxygen atoms in total. The molecule has 34 heavy (non-hydrogen) atoms. The van der Waals surface area contributed by atoms with Crippen molar-refractivity contribution in [2.24, 2.45) is 14.1 Å². The largest absolute Gasteiger partial charge is 0.380 e. The van der Waals surface area contributed by atoms with E-state index in [0.717, 1.165) is 47.7 Å². The number of hydrogen-bond donors (Lipinski definition) is 3. The van der Waals surface area contributed by atoms with Gasteiger partial charge in [0.2, 0.25) is 0 Å². The molecule has 0 saturated heterocycles. The second kappa shape index (κ2) is 9.37. The summed E-state index contributed by atoms with van der Waals surface area (Å²) in [7, 11) is 3.84. The van der Waals surface area contributed by atoms with E-state index in [1.54, 1.807) is 4.68 Å². The average Bonchev–Trinajstić information content (AvgIpc) is 3.49. The highest BCUT2D eigenvalue weighted by atomic mass is 15.2. The molecule has 4 heterocycles. The Morgan fingerprint density at radius 1 is 1.09 bits per heavy atom. The lowest BCUT2D eigenvalue weighted by molar-refractivity contribution is 0.471. The number of fused-ring (bicyclic) bond motifs is 1. The van der Waals surface area contributed by atoms with Gasteiger partial charge in [-0.1, -0.05) is 12.1 Å². The van der Waals surface area contributed by atoms with E-state index in [2.05, 4.69) is 44.5 Å². The monoisotopic (exact) mass is 453 g/mol. The molecule has 0 saturated carbocycles. The lowest BCUT2D eigenvalue weighted by atomic mass is 9.99. The van der Waals surface area contributed by atoms with Crippen LogP contribution in [0.1, 0.15) is 22.7 Å². The number of nitrogens with one attached hydrogen (secondary N) is 3. The van der Waals surface area contributed by atoms with Crippen molar-refractivity contribution in [3.05, 3.63) is 78.0 Å². The van der Waals surface area contributed by atoms with E-state index in [9.17, 15) is 0 Å². The molecular formula is C25H27N9. The molecule has 0 aliphatic carbocycles. The van der Waals surface area contributed by atoms with Crippen molar-refractivity contribution < 1.29 is 0 Å². The highest BCUT2D eigenvalue weighted by Gasteiger charge is 2.28. The molecule has 9 heteroatoms. The van der Waals surface area contributed by atoms with E-state index in [-0.39, 0.29) is 12.1 Å². The summed E-state index contributed by atoms with van der Waals surface area (Å²) >= 11 is 0. The Balaban J connectivity index is 1.30. The number of hydrogen-bond acceptors (Lipinski definition) is 7. The Bertz CT molecular complexity index is 1310. The lowest BCUT2D eigenvalue weighted by Gasteiger charge is -2.34. The molecule has 3 N–H and O–H groups in total. The van der Waals surface area contributed by atoms with Crippen LogP contribution in [0.25, 0.3) is 11.1 Å². The van der Waals surface area contributed by atoms with Crippen molar-refractivity contribution >= 4 is 11.5 Å². The fraction of sp³-hybridized carbons (Fsp3) is 0.280. The molecule has 0 fully saturated rings. The molecule has 172 valence electrons. The predicted molar refractivity (Wildman–Crippen MR) is 131 cm³/mol. The molecular weight excluding hydrogens is 426 g/mol. The van der Waals surface area contributed by atoms with E-state index < -0.39 is 0 Å². The van der Waals surface area contributed by atoms with Crippen LogP contribution in [0.4, 0.5) is 11.5 Å². The maximum Gasteiger partial charge on any atom is 0.149 e. The van der Waals surface area contributed by atoms with Gasteiger partial charge in [-0.3, -0.25) is 9.36 Å². The van der Waals surface area contributed by atoms with Gasteiger partial charge in [0.15, 0.2) is 0 Å². The van der Waals surface area contributed by atoms with Crippen LogP contribution in [-0.4, -0.2) is 43.7 Å². The van der Waals surface area contributed by atoms with E-state index in [1.165, 1.54) is 5.56 Å². The lowest BCUT2D eigenvalue weighted by Crippen LogP contribution is -2.44. The molecule has 0 amide bonds. The summed E-state index contributed by atoms with van der Waals surface area (Å²) in [6.45, 7) is 1.54. The first kappa shape index (κ1) is 21.7. The first-order chi connectivity index (χ1) is 16.6. The van der Waals surface area contributed by atoms with Gasteiger partial charge in [-0.25, -0.2) is 4.98 Å². The highest BCUT2D eigenvalue weighted by Crippen LogP contribution is 2.32. The number of benzene rings is 1. The van der Waals surface area contributed by atoms with Gasteiger partial charge in [0.1, 0.15) is 5.82 Å². The van der Waals surface area contributed by atoms with Gasteiger partial charge in [0.05, 0.1) is 41.8 Å².